The molecule has 1 fully saturated rings. The number of hydrogen-bond donors (Lipinski definition) is 1. The van der Waals surface area contributed by atoms with Gasteiger partial charge in [0.1, 0.15) is 0 Å². The maximum Gasteiger partial charge on any atom is 0.310 e. The van der Waals surface area contributed by atoms with E-state index in [0.29, 0.717) is 5.92 Å². The number of rotatable bonds is 4. The molecular formula is C17H23NO3. The van der Waals surface area contributed by atoms with Gasteiger partial charge in [0.15, 0.2) is 0 Å². The maximum atomic E-state index is 11.3. The van der Waals surface area contributed by atoms with Crippen molar-refractivity contribution in [2.45, 2.75) is 32.1 Å². The Balaban J connectivity index is 1.79. The Morgan fingerprint density at radius 2 is 2.19 bits per heavy atom. The van der Waals surface area contributed by atoms with E-state index >= 15 is 0 Å². The van der Waals surface area contributed by atoms with Crippen molar-refractivity contribution in [3.8, 4) is 0 Å². The van der Waals surface area contributed by atoms with Crippen LogP contribution in [-0.4, -0.2) is 37.4 Å². The Hall–Kier alpha value is -1.55. The van der Waals surface area contributed by atoms with E-state index in [1.54, 1.807) is 6.92 Å². The molecule has 0 aromatic heterocycles. The number of nitrogens with zero attached hydrogens (tertiary/aromatic N) is 1. The van der Waals surface area contributed by atoms with E-state index in [1.807, 2.05) is 12.1 Å². The zero-order valence-corrected chi connectivity index (χ0v) is 12.5. The largest absolute Gasteiger partial charge is 0.481 e. The third-order valence-corrected chi connectivity index (χ3v) is 4.82. The average molecular weight is 289 g/mol. The number of carbonyl (C=O) groups is 1. The number of benzene rings is 1. The number of carboxylic acid groups (broad SMARTS) is 1. The molecule has 1 atom stereocenters. The Morgan fingerprint density at radius 1 is 1.43 bits per heavy atom. The van der Waals surface area contributed by atoms with Crippen molar-refractivity contribution in [2.24, 2.45) is 5.92 Å². The lowest BCUT2D eigenvalue weighted by molar-refractivity contribution is -0.138. The van der Waals surface area contributed by atoms with Crippen molar-refractivity contribution < 1.29 is 14.6 Å². The summed E-state index contributed by atoms with van der Waals surface area (Å²) >= 11 is 0. The minimum Gasteiger partial charge on any atom is -0.481 e. The molecular weight excluding hydrogens is 266 g/mol. The molecule has 1 N–H and O–H groups in total. The molecule has 21 heavy (non-hydrogen) atoms. The normalized spacial score (nSPS) is 20.3. The molecule has 4 heteroatoms. The van der Waals surface area contributed by atoms with E-state index in [-0.39, 0.29) is 0 Å². The first kappa shape index (κ1) is 14.4. The summed E-state index contributed by atoms with van der Waals surface area (Å²) < 4.78 is 5.43. The first-order chi connectivity index (χ1) is 10.2. The van der Waals surface area contributed by atoms with E-state index in [2.05, 4.69) is 11.0 Å². The van der Waals surface area contributed by atoms with Crippen molar-refractivity contribution in [3.05, 3.63) is 29.3 Å². The summed E-state index contributed by atoms with van der Waals surface area (Å²) in [4.78, 5) is 13.7. The topological polar surface area (TPSA) is 49.8 Å². The van der Waals surface area contributed by atoms with Crippen LogP contribution in [0.3, 0.4) is 0 Å². The zero-order valence-electron chi connectivity index (χ0n) is 12.5. The predicted octanol–water partition coefficient (Wildman–Crippen LogP) is 2.66. The smallest absolute Gasteiger partial charge is 0.310 e. The van der Waals surface area contributed by atoms with Crippen LogP contribution in [0.25, 0.3) is 0 Å². The second-order valence-electron chi connectivity index (χ2n) is 6.16. The van der Waals surface area contributed by atoms with Gasteiger partial charge in [0.25, 0.3) is 0 Å². The molecule has 114 valence electrons. The van der Waals surface area contributed by atoms with Crippen LogP contribution in [0.5, 0.6) is 0 Å². The molecule has 0 radical (unpaired) electrons. The van der Waals surface area contributed by atoms with Crippen molar-refractivity contribution in [1.29, 1.82) is 0 Å². The molecule has 1 aromatic rings. The van der Waals surface area contributed by atoms with Crippen molar-refractivity contribution >= 4 is 11.7 Å². The molecule has 2 heterocycles. The lowest BCUT2D eigenvalue weighted by Gasteiger charge is -2.28. The number of carboxylic acids is 1. The highest BCUT2D eigenvalue weighted by atomic mass is 16.5. The minimum atomic E-state index is -0.744. The van der Waals surface area contributed by atoms with Gasteiger partial charge in [0, 0.05) is 32.0 Å². The van der Waals surface area contributed by atoms with Crippen LogP contribution >= 0.6 is 0 Å². The van der Waals surface area contributed by atoms with Crippen molar-refractivity contribution in [3.63, 3.8) is 0 Å². The minimum absolute atomic E-state index is 0.428. The standard InChI is InChI=1S/C17H23NO3/c1-12(17(19)20)14-3-2-4-16-15(14)5-8-18(16)11-13-6-9-21-10-7-13/h2-4,12-13H,5-11H2,1H3,(H,19,20). The molecule has 2 aliphatic heterocycles. The summed E-state index contributed by atoms with van der Waals surface area (Å²) in [6, 6.07) is 6.10. The highest BCUT2D eigenvalue weighted by Gasteiger charge is 2.27. The third-order valence-electron chi connectivity index (χ3n) is 4.82. The molecule has 0 amide bonds. The summed E-state index contributed by atoms with van der Waals surface area (Å²) in [6.45, 7) is 5.61. The summed E-state index contributed by atoms with van der Waals surface area (Å²) in [7, 11) is 0. The van der Waals surface area contributed by atoms with Gasteiger partial charge in [-0.3, -0.25) is 4.79 Å². The van der Waals surface area contributed by atoms with Gasteiger partial charge in [-0.1, -0.05) is 12.1 Å². The van der Waals surface area contributed by atoms with Gasteiger partial charge >= 0.3 is 5.97 Å². The fraction of sp³-hybridized carbons (Fsp3) is 0.588. The Labute approximate surface area is 125 Å². The Morgan fingerprint density at radius 3 is 2.90 bits per heavy atom. The van der Waals surface area contributed by atoms with Gasteiger partial charge in [0.2, 0.25) is 0 Å². The lowest BCUT2D eigenvalue weighted by Crippen LogP contribution is -2.31. The second kappa shape index (κ2) is 6.06. The fourth-order valence-electron chi connectivity index (χ4n) is 3.50. The molecule has 1 aromatic carbocycles. The van der Waals surface area contributed by atoms with Crippen LogP contribution in [-0.2, 0) is 16.0 Å². The van der Waals surface area contributed by atoms with Crippen molar-refractivity contribution in [1.82, 2.24) is 0 Å². The van der Waals surface area contributed by atoms with E-state index in [9.17, 15) is 9.90 Å². The fourth-order valence-corrected chi connectivity index (χ4v) is 3.50. The summed E-state index contributed by atoms with van der Waals surface area (Å²) in [5.41, 5.74) is 3.46. The first-order valence-electron chi connectivity index (χ1n) is 7.84. The van der Waals surface area contributed by atoms with Gasteiger partial charge in [-0.15, -0.1) is 0 Å². The molecule has 0 spiro atoms. The van der Waals surface area contributed by atoms with Crippen LogP contribution in [0.15, 0.2) is 18.2 Å². The summed E-state index contributed by atoms with van der Waals surface area (Å²) in [5, 5.41) is 9.27. The molecule has 2 aliphatic rings. The molecule has 4 nitrogen and oxygen atoms in total. The molecule has 3 rings (SSSR count). The maximum absolute atomic E-state index is 11.3. The quantitative estimate of drug-likeness (QED) is 0.926. The van der Waals surface area contributed by atoms with Crippen LogP contribution in [0, 0.1) is 5.92 Å². The van der Waals surface area contributed by atoms with Crippen LogP contribution < -0.4 is 4.90 Å². The van der Waals surface area contributed by atoms with Crippen LogP contribution in [0.4, 0.5) is 5.69 Å². The molecule has 1 unspecified atom stereocenters. The first-order valence-corrected chi connectivity index (χ1v) is 7.84. The van der Waals surface area contributed by atoms with E-state index < -0.39 is 11.9 Å². The number of ether oxygens (including phenoxy) is 1. The summed E-state index contributed by atoms with van der Waals surface area (Å²) in [6.07, 6.45) is 3.24. The number of aliphatic carboxylic acids is 1. The second-order valence-corrected chi connectivity index (χ2v) is 6.16. The van der Waals surface area contributed by atoms with Crippen LogP contribution in [0.2, 0.25) is 0 Å². The van der Waals surface area contributed by atoms with Crippen LogP contribution in [0.1, 0.15) is 36.8 Å². The van der Waals surface area contributed by atoms with E-state index in [4.69, 9.17) is 4.74 Å². The average Bonchev–Trinajstić information content (AvgIpc) is 2.90. The summed E-state index contributed by atoms with van der Waals surface area (Å²) in [5.74, 6) is -0.473. The Kier molecular flexibility index (Phi) is 4.15. The highest BCUT2D eigenvalue weighted by Crippen LogP contribution is 2.35. The van der Waals surface area contributed by atoms with E-state index in [0.717, 1.165) is 51.1 Å². The molecule has 0 bridgehead atoms. The SMILES string of the molecule is CC(C(=O)O)c1cccc2c1CCN2CC1CCOCC1. The number of hydrogen-bond acceptors (Lipinski definition) is 3. The number of fused-ring (bicyclic) bond motifs is 1. The molecule has 0 saturated carbocycles. The Bertz CT molecular complexity index is 523. The van der Waals surface area contributed by atoms with E-state index in [1.165, 1.54) is 11.3 Å². The lowest BCUT2D eigenvalue weighted by atomic mass is 9.94. The highest BCUT2D eigenvalue weighted by molar-refractivity contribution is 5.78. The van der Waals surface area contributed by atoms with Gasteiger partial charge in [-0.2, -0.15) is 0 Å². The monoisotopic (exact) mass is 289 g/mol. The number of anilines is 1. The van der Waals surface area contributed by atoms with Crippen molar-refractivity contribution in [2.75, 3.05) is 31.2 Å². The van der Waals surface area contributed by atoms with Gasteiger partial charge in [-0.25, -0.2) is 0 Å². The molecule has 1 saturated heterocycles. The third kappa shape index (κ3) is 2.91. The van der Waals surface area contributed by atoms with Gasteiger partial charge in [0.05, 0.1) is 5.92 Å². The van der Waals surface area contributed by atoms with Gasteiger partial charge in [-0.05, 0) is 49.3 Å². The zero-order chi connectivity index (χ0) is 14.8. The predicted molar refractivity (Wildman–Crippen MR) is 82.0 cm³/mol. The van der Waals surface area contributed by atoms with Gasteiger partial charge < -0.3 is 14.7 Å². The molecule has 0 aliphatic carbocycles.